The molecule has 1 atom stereocenters. The van der Waals surface area contributed by atoms with E-state index in [1.54, 1.807) is 23.1 Å². The van der Waals surface area contributed by atoms with Crippen LogP contribution < -0.4 is 9.64 Å². The Labute approximate surface area is 202 Å². The first-order valence-electron chi connectivity index (χ1n) is 10.7. The summed E-state index contributed by atoms with van der Waals surface area (Å²) >= 11 is 7.50. The molecule has 1 unspecified atom stereocenters. The van der Waals surface area contributed by atoms with Crippen molar-refractivity contribution < 1.29 is 22.7 Å². The summed E-state index contributed by atoms with van der Waals surface area (Å²) in [5, 5.41) is 1.18. The largest absolute Gasteiger partial charge is 0.497 e. The monoisotopic (exact) mass is 508 g/mol. The van der Waals surface area contributed by atoms with Crippen LogP contribution in [0.25, 0.3) is 10.2 Å². The van der Waals surface area contributed by atoms with E-state index in [1.165, 1.54) is 30.6 Å². The number of sulfone groups is 1. The van der Waals surface area contributed by atoms with Crippen LogP contribution in [0.15, 0.2) is 47.4 Å². The summed E-state index contributed by atoms with van der Waals surface area (Å²) in [6, 6.07) is 11.7. The molecule has 0 bridgehead atoms. The average Bonchev–Trinajstić information content (AvgIpc) is 3.46. The summed E-state index contributed by atoms with van der Waals surface area (Å²) in [5.41, 5.74) is 0.770. The van der Waals surface area contributed by atoms with Crippen molar-refractivity contribution in [2.24, 2.45) is 0 Å². The van der Waals surface area contributed by atoms with Gasteiger partial charge in [-0.3, -0.25) is 9.69 Å². The van der Waals surface area contributed by atoms with Gasteiger partial charge in [-0.2, -0.15) is 0 Å². The van der Waals surface area contributed by atoms with E-state index < -0.39 is 9.84 Å². The lowest BCUT2D eigenvalue weighted by atomic mass is 10.2. The summed E-state index contributed by atoms with van der Waals surface area (Å²) in [4.78, 5) is 19.6. The first-order chi connectivity index (χ1) is 15.9. The number of carbonyl (C=O) groups excluding carboxylic acids is 1. The molecule has 1 aliphatic heterocycles. The van der Waals surface area contributed by atoms with Crippen molar-refractivity contribution in [2.75, 3.05) is 30.9 Å². The fourth-order valence-corrected chi connectivity index (χ4v) is 6.31. The number of hydrogen-bond acceptors (Lipinski definition) is 7. The van der Waals surface area contributed by atoms with E-state index in [-0.39, 0.29) is 35.5 Å². The Morgan fingerprint density at radius 1 is 1.27 bits per heavy atom. The van der Waals surface area contributed by atoms with Crippen molar-refractivity contribution in [3.05, 3.63) is 47.5 Å². The van der Waals surface area contributed by atoms with E-state index in [0.717, 1.165) is 23.1 Å². The van der Waals surface area contributed by atoms with Crippen molar-refractivity contribution in [3.8, 4) is 5.75 Å². The number of hydrogen-bond donors (Lipinski definition) is 0. The SMILES string of the molecule is COc1ccc(S(=O)(=O)CCCC(=O)N(CC2CCCO2)c2nc3ccc(Cl)cc3s2)cc1. The quantitative estimate of drug-likeness (QED) is 0.415. The van der Waals surface area contributed by atoms with Gasteiger partial charge in [-0.05, 0) is 61.7 Å². The number of aromatic nitrogens is 1. The van der Waals surface area contributed by atoms with Crippen LogP contribution in [0.3, 0.4) is 0 Å². The van der Waals surface area contributed by atoms with Crippen molar-refractivity contribution in [2.45, 2.75) is 36.7 Å². The molecule has 2 aromatic carbocycles. The third-order valence-corrected chi connectivity index (χ3v) is 8.60. The summed E-state index contributed by atoms with van der Waals surface area (Å²) in [6.07, 6.45) is 2.10. The third kappa shape index (κ3) is 5.84. The number of methoxy groups -OCH3 is 1. The van der Waals surface area contributed by atoms with Gasteiger partial charge in [0.15, 0.2) is 15.0 Å². The van der Waals surface area contributed by atoms with Crippen LogP contribution in [-0.4, -0.2) is 51.4 Å². The van der Waals surface area contributed by atoms with Crippen LogP contribution in [0.2, 0.25) is 5.02 Å². The highest BCUT2D eigenvalue weighted by molar-refractivity contribution is 7.91. The number of nitrogens with zero attached hydrogens (tertiary/aromatic N) is 2. The molecule has 0 aliphatic carbocycles. The Bertz CT molecular complexity index is 1220. The Balaban J connectivity index is 1.46. The minimum Gasteiger partial charge on any atom is -0.497 e. The summed E-state index contributed by atoms with van der Waals surface area (Å²) < 4.78 is 37.1. The van der Waals surface area contributed by atoms with Gasteiger partial charge in [-0.25, -0.2) is 13.4 Å². The van der Waals surface area contributed by atoms with Gasteiger partial charge in [0.1, 0.15) is 5.75 Å². The van der Waals surface area contributed by atoms with Crippen LogP contribution in [0, 0.1) is 0 Å². The molecule has 4 rings (SSSR count). The van der Waals surface area contributed by atoms with Gasteiger partial charge in [0.05, 0.1) is 40.6 Å². The third-order valence-electron chi connectivity index (χ3n) is 5.50. The van der Waals surface area contributed by atoms with E-state index in [2.05, 4.69) is 4.98 Å². The number of benzene rings is 2. The second kappa shape index (κ2) is 10.4. The molecule has 1 aliphatic rings. The highest BCUT2D eigenvalue weighted by Crippen LogP contribution is 2.32. The molecule has 1 fully saturated rings. The Morgan fingerprint density at radius 2 is 2.06 bits per heavy atom. The van der Waals surface area contributed by atoms with Crippen molar-refractivity contribution in [1.29, 1.82) is 0 Å². The van der Waals surface area contributed by atoms with Crippen LogP contribution in [0.4, 0.5) is 5.13 Å². The van der Waals surface area contributed by atoms with Crippen LogP contribution in [0.1, 0.15) is 25.7 Å². The highest BCUT2D eigenvalue weighted by Gasteiger charge is 2.26. The van der Waals surface area contributed by atoms with E-state index in [9.17, 15) is 13.2 Å². The van der Waals surface area contributed by atoms with Gasteiger partial charge in [0.25, 0.3) is 0 Å². The standard InChI is InChI=1S/C23H25ClN2O5S2/c1-30-17-7-9-19(10-8-17)33(28,29)13-3-5-22(27)26(15-18-4-2-12-31-18)23-25-20-11-6-16(24)14-21(20)32-23/h6-11,14,18H,2-5,12-13,15H2,1H3. The molecule has 10 heteroatoms. The maximum absolute atomic E-state index is 13.2. The number of thiazole rings is 1. The zero-order valence-electron chi connectivity index (χ0n) is 18.2. The van der Waals surface area contributed by atoms with Crippen LogP contribution >= 0.6 is 22.9 Å². The van der Waals surface area contributed by atoms with Gasteiger partial charge < -0.3 is 9.47 Å². The summed E-state index contributed by atoms with van der Waals surface area (Å²) in [5.74, 6) is 0.306. The van der Waals surface area contributed by atoms with Crippen LogP contribution in [-0.2, 0) is 19.4 Å². The molecule has 0 saturated carbocycles. The highest BCUT2D eigenvalue weighted by atomic mass is 35.5. The number of rotatable bonds is 9. The van der Waals surface area contributed by atoms with Crippen LogP contribution in [0.5, 0.6) is 5.75 Å². The fourth-order valence-electron chi connectivity index (χ4n) is 3.73. The molecule has 3 aromatic rings. The zero-order chi connectivity index (χ0) is 23.4. The van der Waals surface area contributed by atoms with Gasteiger partial charge in [0.2, 0.25) is 5.91 Å². The molecule has 7 nitrogen and oxygen atoms in total. The molecule has 2 heterocycles. The fraction of sp³-hybridized carbons (Fsp3) is 0.391. The second-order valence-electron chi connectivity index (χ2n) is 7.85. The average molecular weight is 509 g/mol. The van der Waals surface area contributed by atoms with Crippen molar-refractivity contribution >= 4 is 54.0 Å². The first kappa shape index (κ1) is 23.9. The van der Waals surface area contributed by atoms with E-state index in [1.807, 2.05) is 12.1 Å². The van der Waals surface area contributed by atoms with E-state index in [0.29, 0.717) is 29.1 Å². The molecule has 1 amide bonds. The molecular weight excluding hydrogens is 484 g/mol. The van der Waals surface area contributed by atoms with Gasteiger partial charge in [0, 0.05) is 18.1 Å². The molecule has 1 aromatic heterocycles. The molecule has 0 radical (unpaired) electrons. The minimum absolute atomic E-state index is 0.0485. The normalized spacial score (nSPS) is 16.2. The lowest BCUT2D eigenvalue weighted by molar-refractivity contribution is -0.119. The number of halogens is 1. The predicted molar refractivity (Wildman–Crippen MR) is 130 cm³/mol. The van der Waals surface area contributed by atoms with E-state index >= 15 is 0 Å². The number of ether oxygens (including phenoxy) is 2. The number of amides is 1. The maximum atomic E-state index is 13.2. The molecule has 176 valence electrons. The topological polar surface area (TPSA) is 85.8 Å². The maximum Gasteiger partial charge on any atom is 0.228 e. The number of carbonyl (C=O) groups is 1. The molecular formula is C23H25ClN2O5S2. The predicted octanol–water partition coefficient (Wildman–Crippen LogP) is 4.72. The lowest BCUT2D eigenvalue weighted by Crippen LogP contribution is -2.37. The van der Waals surface area contributed by atoms with Gasteiger partial charge in [-0.15, -0.1) is 0 Å². The second-order valence-corrected chi connectivity index (χ2v) is 11.4. The van der Waals surface area contributed by atoms with Gasteiger partial charge >= 0.3 is 0 Å². The molecule has 0 N–H and O–H groups in total. The zero-order valence-corrected chi connectivity index (χ0v) is 20.6. The molecule has 33 heavy (non-hydrogen) atoms. The van der Waals surface area contributed by atoms with Crippen molar-refractivity contribution in [1.82, 2.24) is 4.98 Å². The Morgan fingerprint density at radius 3 is 2.76 bits per heavy atom. The molecule has 1 saturated heterocycles. The van der Waals surface area contributed by atoms with E-state index in [4.69, 9.17) is 21.1 Å². The summed E-state index contributed by atoms with van der Waals surface area (Å²) in [7, 11) is -1.97. The smallest absolute Gasteiger partial charge is 0.228 e. The summed E-state index contributed by atoms with van der Waals surface area (Å²) in [6.45, 7) is 1.08. The number of anilines is 1. The first-order valence-corrected chi connectivity index (χ1v) is 13.6. The molecule has 0 spiro atoms. The minimum atomic E-state index is -3.50. The van der Waals surface area contributed by atoms with Crippen molar-refractivity contribution in [3.63, 3.8) is 0 Å². The number of fused-ring (bicyclic) bond motifs is 1. The Hall–Kier alpha value is -2.20. The Kier molecular flexibility index (Phi) is 7.53. The van der Waals surface area contributed by atoms with Gasteiger partial charge in [-0.1, -0.05) is 22.9 Å². The lowest BCUT2D eigenvalue weighted by Gasteiger charge is -2.23.